The van der Waals surface area contributed by atoms with Crippen LogP contribution in [0.4, 0.5) is 5.69 Å². The summed E-state index contributed by atoms with van der Waals surface area (Å²) < 4.78 is 32.1. The summed E-state index contributed by atoms with van der Waals surface area (Å²) in [6.07, 6.45) is 0.988. The second-order valence-electron chi connectivity index (χ2n) is 5.01. The molecule has 0 heterocycles. The normalized spacial score (nSPS) is 14.6. The Labute approximate surface area is 126 Å². The molecular weight excluding hydrogens is 298 g/mol. The van der Waals surface area contributed by atoms with Crippen molar-refractivity contribution in [3.63, 3.8) is 0 Å². The van der Waals surface area contributed by atoms with Gasteiger partial charge in [0.1, 0.15) is 5.75 Å². The van der Waals surface area contributed by atoms with Crippen molar-refractivity contribution >= 4 is 27.3 Å². The Kier molecular flexibility index (Phi) is 6.62. The van der Waals surface area contributed by atoms with Gasteiger partial charge in [0, 0.05) is 11.9 Å². The van der Waals surface area contributed by atoms with Crippen LogP contribution < -0.4 is 9.46 Å². The van der Waals surface area contributed by atoms with Crippen molar-refractivity contribution in [2.24, 2.45) is 5.92 Å². The van der Waals surface area contributed by atoms with E-state index in [2.05, 4.69) is 4.72 Å². The van der Waals surface area contributed by atoms with Gasteiger partial charge < -0.3 is 4.74 Å². The fourth-order valence-corrected chi connectivity index (χ4v) is 3.26. The quantitative estimate of drug-likeness (QED) is 0.746. The molecule has 0 fully saturated rings. The molecule has 4 nitrogen and oxygen atoms in total. The van der Waals surface area contributed by atoms with Crippen molar-refractivity contribution in [3.05, 3.63) is 24.3 Å². The van der Waals surface area contributed by atoms with Crippen LogP contribution in [0, 0.1) is 5.92 Å². The van der Waals surface area contributed by atoms with Crippen LogP contribution in [0.15, 0.2) is 24.3 Å². The Hall–Kier alpha value is -0.940. The fourth-order valence-electron chi connectivity index (χ4n) is 1.59. The van der Waals surface area contributed by atoms with Crippen molar-refractivity contribution in [1.29, 1.82) is 0 Å². The molecule has 1 aromatic carbocycles. The van der Waals surface area contributed by atoms with E-state index in [1.54, 1.807) is 25.1 Å². The van der Waals surface area contributed by atoms with Crippen molar-refractivity contribution in [2.45, 2.75) is 33.3 Å². The maximum Gasteiger partial charge on any atom is 0.233 e. The van der Waals surface area contributed by atoms with Gasteiger partial charge in [0.15, 0.2) is 0 Å². The number of benzene rings is 1. The van der Waals surface area contributed by atoms with Gasteiger partial charge in [-0.3, -0.25) is 4.72 Å². The van der Waals surface area contributed by atoms with E-state index in [4.69, 9.17) is 16.3 Å². The molecule has 0 aliphatic heterocycles. The summed E-state index contributed by atoms with van der Waals surface area (Å²) >= 11 is 5.65. The Morgan fingerprint density at radius 2 is 2.05 bits per heavy atom. The number of hydrogen-bond acceptors (Lipinski definition) is 3. The number of sulfonamides is 1. The molecule has 0 aliphatic rings. The number of hydrogen-bond donors (Lipinski definition) is 1. The second kappa shape index (κ2) is 7.74. The molecule has 114 valence electrons. The average molecular weight is 320 g/mol. The Morgan fingerprint density at radius 1 is 1.35 bits per heavy atom. The number of alkyl halides is 1. The summed E-state index contributed by atoms with van der Waals surface area (Å²) in [4.78, 5) is 0. The zero-order valence-corrected chi connectivity index (χ0v) is 13.7. The summed E-state index contributed by atoms with van der Waals surface area (Å²) in [6, 6.07) is 6.97. The maximum atomic E-state index is 11.9. The van der Waals surface area contributed by atoms with Gasteiger partial charge in [0.05, 0.1) is 17.5 Å². The molecule has 0 spiro atoms. The standard InChI is InChI=1S/C14H22ClNO3S/c1-4-12(3)19-14-7-5-6-13(8-14)16-20(17,18)10-11(2)9-15/h5-8,11-12,16H,4,9-10H2,1-3H3. The molecule has 0 bridgehead atoms. The minimum Gasteiger partial charge on any atom is -0.491 e. The minimum atomic E-state index is -3.39. The summed E-state index contributed by atoms with van der Waals surface area (Å²) in [5, 5.41) is 0. The molecule has 0 aromatic heterocycles. The van der Waals surface area contributed by atoms with Crippen LogP contribution >= 0.6 is 11.6 Å². The SMILES string of the molecule is CCC(C)Oc1cccc(NS(=O)(=O)CC(C)CCl)c1. The van der Waals surface area contributed by atoms with Gasteiger partial charge in [-0.15, -0.1) is 11.6 Å². The van der Waals surface area contributed by atoms with Gasteiger partial charge >= 0.3 is 0 Å². The first-order valence-electron chi connectivity index (χ1n) is 6.69. The third-order valence-corrected chi connectivity index (χ3v) is 4.87. The molecule has 0 aliphatic carbocycles. The number of ether oxygens (including phenoxy) is 1. The highest BCUT2D eigenvalue weighted by molar-refractivity contribution is 7.92. The van der Waals surface area contributed by atoms with E-state index in [1.807, 2.05) is 19.9 Å². The van der Waals surface area contributed by atoms with Crippen LogP contribution in [0.5, 0.6) is 5.75 Å². The minimum absolute atomic E-state index is 0.00689. The Morgan fingerprint density at radius 3 is 2.65 bits per heavy atom. The lowest BCUT2D eigenvalue weighted by atomic mass is 10.3. The first kappa shape index (κ1) is 17.1. The van der Waals surface area contributed by atoms with Crippen LogP contribution in [0.3, 0.4) is 0 Å². The molecule has 1 N–H and O–H groups in total. The maximum absolute atomic E-state index is 11.9. The smallest absolute Gasteiger partial charge is 0.233 e. The third-order valence-electron chi connectivity index (χ3n) is 2.79. The van der Waals surface area contributed by atoms with Crippen molar-refractivity contribution in [1.82, 2.24) is 0 Å². The second-order valence-corrected chi connectivity index (χ2v) is 7.08. The molecule has 0 saturated heterocycles. The van der Waals surface area contributed by atoms with Crippen LogP contribution in [0.1, 0.15) is 27.2 Å². The van der Waals surface area contributed by atoms with E-state index in [1.165, 1.54) is 0 Å². The molecular formula is C14H22ClNO3S. The van der Waals surface area contributed by atoms with Crippen LogP contribution in [-0.2, 0) is 10.0 Å². The molecule has 2 unspecified atom stereocenters. The van der Waals surface area contributed by atoms with Gasteiger partial charge in [0.25, 0.3) is 0 Å². The van der Waals surface area contributed by atoms with Crippen molar-refractivity contribution in [3.8, 4) is 5.75 Å². The fraction of sp³-hybridized carbons (Fsp3) is 0.571. The van der Waals surface area contributed by atoms with E-state index in [0.29, 0.717) is 17.3 Å². The van der Waals surface area contributed by atoms with Gasteiger partial charge in [-0.25, -0.2) is 8.42 Å². The highest BCUT2D eigenvalue weighted by atomic mass is 35.5. The zero-order valence-electron chi connectivity index (χ0n) is 12.1. The molecule has 20 heavy (non-hydrogen) atoms. The van der Waals surface area contributed by atoms with Crippen molar-refractivity contribution in [2.75, 3.05) is 16.4 Å². The predicted molar refractivity (Wildman–Crippen MR) is 84.1 cm³/mol. The van der Waals surface area contributed by atoms with E-state index in [-0.39, 0.29) is 17.8 Å². The number of anilines is 1. The number of halogens is 1. The Balaban J connectivity index is 2.75. The van der Waals surface area contributed by atoms with Gasteiger partial charge in [-0.2, -0.15) is 0 Å². The largest absolute Gasteiger partial charge is 0.491 e. The van der Waals surface area contributed by atoms with Gasteiger partial charge in [0.2, 0.25) is 10.0 Å². The highest BCUT2D eigenvalue weighted by Gasteiger charge is 2.15. The third kappa shape index (κ3) is 6.01. The summed E-state index contributed by atoms with van der Waals surface area (Å²) in [5.41, 5.74) is 0.507. The number of rotatable bonds is 8. The van der Waals surface area contributed by atoms with Crippen molar-refractivity contribution < 1.29 is 13.2 Å². The molecule has 6 heteroatoms. The molecule has 0 radical (unpaired) electrons. The van der Waals surface area contributed by atoms with Crippen LogP contribution in [0.25, 0.3) is 0 Å². The number of nitrogens with one attached hydrogen (secondary N) is 1. The lowest BCUT2D eigenvalue weighted by Crippen LogP contribution is -2.22. The molecule has 1 aromatic rings. The lowest BCUT2D eigenvalue weighted by Gasteiger charge is -2.15. The van der Waals surface area contributed by atoms with E-state index >= 15 is 0 Å². The topological polar surface area (TPSA) is 55.4 Å². The average Bonchev–Trinajstić information content (AvgIpc) is 2.37. The predicted octanol–water partition coefficient (Wildman–Crippen LogP) is 3.48. The summed E-state index contributed by atoms with van der Waals surface area (Å²) in [5.74, 6) is 0.893. The van der Waals surface area contributed by atoms with Crippen LogP contribution in [-0.4, -0.2) is 26.2 Å². The summed E-state index contributed by atoms with van der Waals surface area (Å²) in [7, 11) is -3.39. The first-order chi connectivity index (χ1) is 9.36. The van der Waals surface area contributed by atoms with Gasteiger partial charge in [-0.05, 0) is 31.4 Å². The van der Waals surface area contributed by atoms with Gasteiger partial charge in [-0.1, -0.05) is 19.9 Å². The molecule has 2 atom stereocenters. The zero-order chi connectivity index (χ0) is 15.2. The van der Waals surface area contributed by atoms with E-state index < -0.39 is 10.0 Å². The van der Waals surface area contributed by atoms with Crippen LogP contribution in [0.2, 0.25) is 0 Å². The van der Waals surface area contributed by atoms with E-state index in [9.17, 15) is 8.42 Å². The lowest BCUT2D eigenvalue weighted by molar-refractivity contribution is 0.217. The summed E-state index contributed by atoms with van der Waals surface area (Å²) in [6.45, 7) is 5.80. The highest BCUT2D eigenvalue weighted by Crippen LogP contribution is 2.20. The Bertz CT molecular complexity index is 519. The first-order valence-corrected chi connectivity index (χ1v) is 8.88. The molecule has 0 saturated carbocycles. The molecule has 0 amide bonds. The van der Waals surface area contributed by atoms with E-state index in [0.717, 1.165) is 6.42 Å². The molecule has 1 rings (SSSR count). The monoisotopic (exact) mass is 319 g/mol.